The molecule has 1 unspecified atom stereocenters. The summed E-state index contributed by atoms with van der Waals surface area (Å²) in [7, 11) is -4.18. The van der Waals surface area contributed by atoms with Crippen LogP contribution in [0.2, 0.25) is 5.02 Å². The van der Waals surface area contributed by atoms with Crippen molar-refractivity contribution in [2.45, 2.75) is 33.1 Å². The van der Waals surface area contributed by atoms with Crippen LogP contribution in [0.15, 0.2) is 72.8 Å². The van der Waals surface area contributed by atoms with Crippen molar-refractivity contribution in [3.05, 3.63) is 106 Å². The molecular formula is C30H32ClFN2O5S. The molecule has 0 saturated heterocycles. The van der Waals surface area contributed by atoms with Crippen LogP contribution >= 0.6 is 11.6 Å². The Labute approximate surface area is 239 Å². The average molecular weight is 587 g/mol. The van der Waals surface area contributed by atoms with Gasteiger partial charge in [0, 0.05) is 12.1 Å². The third kappa shape index (κ3) is 9.89. The lowest BCUT2D eigenvalue weighted by Crippen LogP contribution is -2.28. The van der Waals surface area contributed by atoms with E-state index in [-0.39, 0.29) is 22.9 Å². The van der Waals surface area contributed by atoms with E-state index in [4.69, 9.17) is 16.2 Å². The smallest absolute Gasteiger partial charge is 0.266 e. The molecule has 3 N–H and O–H groups in total. The number of nitrogens with one attached hydrogen (secondary N) is 2. The maximum absolute atomic E-state index is 13.5. The highest BCUT2D eigenvalue weighted by Crippen LogP contribution is 2.28. The molecule has 0 radical (unpaired) electrons. The van der Waals surface area contributed by atoms with Gasteiger partial charge in [0.05, 0.1) is 22.4 Å². The molecule has 0 aromatic heterocycles. The summed E-state index contributed by atoms with van der Waals surface area (Å²) >= 11 is 6.14. The van der Waals surface area contributed by atoms with E-state index >= 15 is 0 Å². The Morgan fingerprint density at radius 3 is 2.25 bits per heavy atom. The van der Waals surface area contributed by atoms with E-state index < -0.39 is 33.5 Å². The summed E-state index contributed by atoms with van der Waals surface area (Å²) in [5.74, 6) is -2.55. The monoisotopic (exact) mass is 586 g/mol. The quantitative estimate of drug-likeness (QED) is 0.248. The van der Waals surface area contributed by atoms with Crippen molar-refractivity contribution in [3.63, 3.8) is 0 Å². The number of hydrogen-bond acceptors (Lipinski definition) is 4. The van der Waals surface area contributed by atoms with E-state index in [1.165, 1.54) is 12.1 Å². The van der Waals surface area contributed by atoms with Gasteiger partial charge in [0.15, 0.2) is 0 Å². The summed E-state index contributed by atoms with van der Waals surface area (Å²) in [6.07, 6.45) is 4.42. The minimum absolute atomic E-state index is 0.0229. The number of carbonyl (C=O) groups is 2. The highest BCUT2D eigenvalue weighted by molar-refractivity contribution is 7.85. The summed E-state index contributed by atoms with van der Waals surface area (Å²) < 4.78 is 44.0. The SMILES string of the molecule is CC(C)(C)C=Cc1ccc(C(Cc2ccc(C(=O)NCCS(=O)(=O)O)cc2)C(=O)Nc2ccc(F)cc2Cl)cc1. The predicted molar refractivity (Wildman–Crippen MR) is 157 cm³/mol. The third-order valence-electron chi connectivity index (χ3n) is 5.92. The van der Waals surface area contributed by atoms with E-state index in [0.29, 0.717) is 17.7 Å². The van der Waals surface area contributed by atoms with Crippen molar-refractivity contribution in [1.82, 2.24) is 5.32 Å². The van der Waals surface area contributed by atoms with Gasteiger partial charge < -0.3 is 10.6 Å². The Bertz CT molecular complexity index is 1480. The van der Waals surface area contributed by atoms with Gasteiger partial charge in [0.1, 0.15) is 5.82 Å². The van der Waals surface area contributed by atoms with Gasteiger partial charge in [-0.05, 0) is 58.9 Å². The number of halogens is 2. The van der Waals surface area contributed by atoms with Gasteiger partial charge in [0.2, 0.25) is 5.91 Å². The van der Waals surface area contributed by atoms with Crippen LogP contribution in [0, 0.1) is 11.2 Å². The van der Waals surface area contributed by atoms with Crippen molar-refractivity contribution < 1.29 is 27.0 Å². The lowest BCUT2D eigenvalue weighted by atomic mass is 9.89. The Kier molecular flexibility index (Phi) is 10.2. The molecular weight excluding hydrogens is 555 g/mol. The van der Waals surface area contributed by atoms with Crippen molar-refractivity contribution in [2.75, 3.05) is 17.6 Å². The van der Waals surface area contributed by atoms with Crippen molar-refractivity contribution >= 4 is 45.3 Å². The molecule has 212 valence electrons. The van der Waals surface area contributed by atoms with Crippen LogP contribution in [-0.2, 0) is 21.3 Å². The largest absolute Gasteiger partial charge is 0.351 e. The molecule has 3 rings (SSSR count). The van der Waals surface area contributed by atoms with Crippen LogP contribution in [-0.4, -0.2) is 37.1 Å². The molecule has 1 atom stereocenters. The van der Waals surface area contributed by atoms with Crippen molar-refractivity contribution in [3.8, 4) is 0 Å². The first-order valence-corrected chi connectivity index (χ1v) is 14.6. The number of hydrogen-bond donors (Lipinski definition) is 3. The Balaban J connectivity index is 1.82. The number of carbonyl (C=O) groups excluding carboxylic acids is 2. The number of anilines is 1. The molecule has 0 bridgehead atoms. The maximum atomic E-state index is 13.5. The molecule has 0 aliphatic rings. The number of rotatable bonds is 10. The minimum atomic E-state index is -4.18. The highest BCUT2D eigenvalue weighted by atomic mass is 35.5. The van der Waals surface area contributed by atoms with E-state index in [9.17, 15) is 22.4 Å². The Morgan fingerprint density at radius 2 is 1.68 bits per heavy atom. The zero-order chi connectivity index (χ0) is 29.5. The maximum Gasteiger partial charge on any atom is 0.266 e. The number of benzene rings is 3. The van der Waals surface area contributed by atoms with Crippen molar-refractivity contribution in [1.29, 1.82) is 0 Å². The van der Waals surface area contributed by atoms with Gasteiger partial charge in [-0.2, -0.15) is 8.42 Å². The first kappa shape index (κ1) is 31.0. The molecule has 0 aliphatic heterocycles. The summed E-state index contributed by atoms with van der Waals surface area (Å²) in [6, 6.07) is 18.0. The molecule has 0 aliphatic carbocycles. The van der Waals surface area contributed by atoms with Crippen molar-refractivity contribution in [2.24, 2.45) is 5.41 Å². The van der Waals surface area contributed by atoms with Gasteiger partial charge in [-0.1, -0.05) is 80.9 Å². The zero-order valence-electron chi connectivity index (χ0n) is 22.4. The van der Waals surface area contributed by atoms with Crippen LogP contribution in [0.3, 0.4) is 0 Å². The fraction of sp³-hybridized carbons (Fsp3) is 0.267. The molecule has 7 nitrogen and oxygen atoms in total. The van der Waals surface area contributed by atoms with Gasteiger partial charge in [-0.3, -0.25) is 14.1 Å². The van der Waals surface area contributed by atoms with Gasteiger partial charge in [0.25, 0.3) is 16.0 Å². The fourth-order valence-electron chi connectivity index (χ4n) is 3.78. The predicted octanol–water partition coefficient (Wildman–Crippen LogP) is 6.12. The molecule has 40 heavy (non-hydrogen) atoms. The van der Waals surface area contributed by atoms with E-state index in [1.54, 1.807) is 24.3 Å². The molecule has 10 heteroatoms. The second kappa shape index (κ2) is 13.2. The fourth-order valence-corrected chi connectivity index (χ4v) is 4.36. The Morgan fingerprint density at radius 1 is 1.02 bits per heavy atom. The lowest BCUT2D eigenvalue weighted by Gasteiger charge is -2.19. The molecule has 3 aromatic rings. The normalized spacial score (nSPS) is 12.8. The molecule has 0 spiro atoms. The average Bonchev–Trinajstić information content (AvgIpc) is 2.87. The van der Waals surface area contributed by atoms with E-state index in [1.807, 2.05) is 30.3 Å². The first-order valence-electron chi connectivity index (χ1n) is 12.6. The topological polar surface area (TPSA) is 113 Å². The van der Waals surface area contributed by atoms with Crippen LogP contribution in [0.5, 0.6) is 0 Å². The first-order chi connectivity index (χ1) is 18.7. The van der Waals surface area contributed by atoms with Gasteiger partial charge in [-0.15, -0.1) is 0 Å². The standard InChI is InChI=1S/C30H32ClFN2O5S/c1-30(2,3)15-14-20-4-8-22(9-5-20)25(29(36)34-27-13-12-24(32)19-26(27)31)18-21-6-10-23(11-7-21)28(35)33-16-17-40(37,38)39/h4-15,19,25H,16-18H2,1-3H3,(H,33,35)(H,34,36)(H,37,38,39). The van der Waals surface area contributed by atoms with Crippen LogP contribution < -0.4 is 10.6 Å². The van der Waals surface area contributed by atoms with Gasteiger partial charge >= 0.3 is 0 Å². The molecule has 0 fully saturated rings. The number of allylic oxidation sites excluding steroid dienone is 1. The van der Waals surface area contributed by atoms with Crippen LogP contribution in [0.1, 0.15) is 53.7 Å². The number of amides is 2. The highest BCUT2D eigenvalue weighted by Gasteiger charge is 2.23. The summed E-state index contributed by atoms with van der Waals surface area (Å²) in [6.45, 7) is 6.09. The summed E-state index contributed by atoms with van der Waals surface area (Å²) in [5, 5.41) is 5.31. The Hall–Kier alpha value is -3.53. The van der Waals surface area contributed by atoms with E-state index in [0.717, 1.165) is 22.8 Å². The van der Waals surface area contributed by atoms with Crippen LogP contribution in [0.4, 0.5) is 10.1 Å². The molecule has 0 heterocycles. The summed E-state index contributed by atoms with van der Waals surface area (Å²) in [4.78, 5) is 25.8. The third-order valence-corrected chi connectivity index (χ3v) is 6.95. The lowest BCUT2D eigenvalue weighted by molar-refractivity contribution is -0.117. The van der Waals surface area contributed by atoms with E-state index in [2.05, 4.69) is 37.5 Å². The minimum Gasteiger partial charge on any atom is -0.351 e. The van der Waals surface area contributed by atoms with Crippen LogP contribution in [0.25, 0.3) is 6.08 Å². The summed E-state index contributed by atoms with van der Waals surface area (Å²) in [5.41, 5.74) is 3.14. The molecule has 2 amide bonds. The zero-order valence-corrected chi connectivity index (χ0v) is 24.0. The molecule has 3 aromatic carbocycles. The van der Waals surface area contributed by atoms with Gasteiger partial charge in [-0.25, -0.2) is 4.39 Å². The molecule has 0 saturated carbocycles. The second-order valence-electron chi connectivity index (χ2n) is 10.5. The second-order valence-corrected chi connectivity index (χ2v) is 12.5.